The van der Waals surface area contributed by atoms with E-state index in [0.29, 0.717) is 5.82 Å². The number of aromatic nitrogens is 1. The van der Waals surface area contributed by atoms with Gasteiger partial charge in [-0.15, -0.1) is 0 Å². The molecule has 0 bridgehead atoms. The van der Waals surface area contributed by atoms with Crippen LogP contribution in [0.3, 0.4) is 0 Å². The van der Waals surface area contributed by atoms with Gasteiger partial charge in [-0.3, -0.25) is 0 Å². The number of nitrogens with one attached hydrogen (secondary N) is 1. The number of pyridine rings is 1. The Labute approximate surface area is 106 Å². The molecule has 3 N–H and O–H groups in total. The molecule has 1 saturated heterocycles. The highest BCUT2D eigenvalue weighted by Crippen LogP contribution is 2.29. The first-order valence-corrected chi connectivity index (χ1v) is 6.26. The quantitative estimate of drug-likeness (QED) is 0.845. The molecule has 1 aliphatic heterocycles. The molecule has 1 aliphatic rings. The Kier molecular flexibility index (Phi) is 2.80. The van der Waals surface area contributed by atoms with Crippen LogP contribution in [-0.2, 0) is 0 Å². The summed E-state index contributed by atoms with van der Waals surface area (Å²) in [5, 5.41) is 5.37. The van der Waals surface area contributed by atoms with Crippen LogP contribution in [0.5, 0.6) is 5.75 Å². The van der Waals surface area contributed by atoms with E-state index in [-0.39, 0.29) is 6.10 Å². The van der Waals surface area contributed by atoms with Gasteiger partial charge in [-0.1, -0.05) is 0 Å². The lowest BCUT2D eigenvalue weighted by molar-refractivity contribution is 0.222. The second-order valence-corrected chi connectivity index (χ2v) is 4.77. The molecule has 2 aromatic rings. The summed E-state index contributed by atoms with van der Waals surface area (Å²) in [5.74, 6) is 1.52. The zero-order chi connectivity index (χ0) is 12.5. The van der Waals surface area contributed by atoms with Gasteiger partial charge >= 0.3 is 0 Å². The average molecular weight is 243 g/mol. The van der Waals surface area contributed by atoms with Crippen molar-refractivity contribution in [2.24, 2.45) is 0 Å². The van der Waals surface area contributed by atoms with Crippen molar-refractivity contribution >= 4 is 16.6 Å². The van der Waals surface area contributed by atoms with Crippen molar-refractivity contribution in [1.82, 2.24) is 10.3 Å². The van der Waals surface area contributed by atoms with Crippen LogP contribution in [0.4, 0.5) is 5.82 Å². The number of nitrogen functional groups attached to an aromatic ring is 1. The number of nitrogens with zero attached hydrogens (tertiary/aromatic N) is 1. The number of rotatable bonds is 2. The number of hydrogen-bond acceptors (Lipinski definition) is 4. The lowest BCUT2D eigenvalue weighted by Crippen LogP contribution is -2.19. The number of ether oxygens (including phenoxy) is 1. The molecule has 1 aromatic carbocycles. The van der Waals surface area contributed by atoms with E-state index in [1.165, 1.54) is 0 Å². The smallest absolute Gasteiger partial charge is 0.131 e. The fourth-order valence-corrected chi connectivity index (χ4v) is 2.37. The fourth-order valence-electron chi connectivity index (χ4n) is 2.37. The summed E-state index contributed by atoms with van der Waals surface area (Å²) in [6.07, 6.45) is 3.07. The maximum Gasteiger partial charge on any atom is 0.131 e. The molecule has 4 nitrogen and oxygen atoms in total. The molecule has 0 amide bonds. The van der Waals surface area contributed by atoms with E-state index in [4.69, 9.17) is 10.5 Å². The first kappa shape index (κ1) is 11.3. The predicted octanol–water partition coefficient (Wildman–Crippen LogP) is 1.87. The highest BCUT2D eigenvalue weighted by molar-refractivity contribution is 5.92. The van der Waals surface area contributed by atoms with Crippen molar-refractivity contribution in [2.45, 2.75) is 19.4 Å². The van der Waals surface area contributed by atoms with Gasteiger partial charge in [0.15, 0.2) is 0 Å². The van der Waals surface area contributed by atoms with Crippen LogP contribution < -0.4 is 15.8 Å². The SMILES string of the molecule is Cc1cc2c(N)nccc2cc1OC1CCNC1. The van der Waals surface area contributed by atoms with Crippen LogP contribution in [0, 0.1) is 6.92 Å². The summed E-state index contributed by atoms with van der Waals surface area (Å²) in [7, 11) is 0. The average Bonchev–Trinajstić information content (AvgIpc) is 2.84. The maximum absolute atomic E-state index is 6.03. The maximum atomic E-state index is 6.03. The number of fused-ring (bicyclic) bond motifs is 1. The van der Waals surface area contributed by atoms with Crippen LogP contribution >= 0.6 is 0 Å². The summed E-state index contributed by atoms with van der Waals surface area (Å²) < 4.78 is 6.03. The first-order valence-electron chi connectivity index (χ1n) is 6.26. The van der Waals surface area contributed by atoms with E-state index in [1.54, 1.807) is 6.20 Å². The molecule has 0 radical (unpaired) electrons. The Bertz CT molecular complexity index is 577. The molecule has 3 rings (SSSR count). The molecule has 1 fully saturated rings. The highest BCUT2D eigenvalue weighted by atomic mass is 16.5. The van der Waals surface area contributed by atoms with Crippen molar-refractivity contribution in [1.29, 1.82) is 0 Å². The van der Waals surface area contributed by atoms with E-state index in [0.717, 1.165) is 41.6 Å². The molecule has 0 aliphatic carbocycles. The standard InChI is InChI=1S/C14H17N3O/c1-9-6-12-10(2-5-17-14(12)15)7-13(9)18-11-3-4-16-8-11/h2,5-7,11,16H,3-4,8H2,1H3,(H2,15,17). The van der Waals surface area contributed by atoms with Crippen LogP contribution in [0.25, 0.3) is 10.8 Å². The van der Waals surface area contributed by atoms with Crippen LogP contribution in [-0.4, -0.2) is 24.2 Å². The third-order valence-corrected chi connectivity index (χ3v) is 3.40. The van der Waals surface area contributed by atoms with Gasteiger partial charge in [0.25, 0.3) is 0 Å². The number of hydrogen-bond donors (Lipinski definition) is 2. The summed E-state index contributed by atoms with van der Waals surface area (Å²) in [4.78, 5) is 4.11. The van der Waals surface area contributed by atoms with Gasteiger partial charge in [0.1, 0.15) is 17.7 Å². The fraction of sp³-hybridized carbons (Fsp3) is 0.357. The molecule has 0 saturated carbocycles. The summed E-state index contributed by atoms with van der Waals surface area (Å²) >= 11 is 0. The van der Waals surface area contributed by atoms with Gasteiger partial charge in [-0.25, -0.2) is 4.98 Å². The largest absolute Gasteiger partial charge is 0.489 e. The minimum Gasteiger partial charge on any atom is -0.489 e. The molecule has 94 valence electrons. The number of anilines is 1. The van der Waals surface area contributed by atoms with Crippen molar-refractivity contribution in [3.63, 3.8) is 0 Å². The molecule has 4 heteroatoms. The van der Waals surface area contributed by atoms with E-state index >= 15 is 0 Å². The lowest BCUT2D eigenvalue weighted by Gasteiger charge is -2.15. The summed E-state index contributed by atoms with van der Waals surface area (Å²) in [6, 6.07) is 6.07. The van der Waals surface area contributed by atoms with E-state index in [9.17, 15) is 0 Å². The highest BCUT2D eigenvalue weighted by Gasteiger charge is 2.17. The van der Waals surface area contributed by atoms with Crippen LogP contribution in [0.15, 0.2) is 24.4 Å². The second kappa shape index (κ2) is 4.46. The number of aryl methyl sites for hydroxylation is 1. The monoisotopic (exact) mass is 243 g/mol. The van der Waals surface area contributed by atoms with E-state index in [2.05, 4.69) is 22.4 Å². The summed E-state index contributed by atoms with van der Waals surface area (Å²) in [6.45, 7) is 4.01. The molecular weight excluding hydrogens is 226 g/mol. The Morgan fingerprint density at radius 2 is 2.33 bits per heavy atom. The van der Waals surface area contributed by atoms with Gasteiger partial charge in [-0.2, -0.15) is 0 Å². The molecule has 2 heterocycles. The van der Waals surface area contributed by atoms with Gasteiger partial charge in [-0.05, 0) is 49.0 Å². The minimum atomic E-state index is 0.278. The van der Waals surface area contributed by atoms with Gasteiger partial charge < -0.3 is 15.8 Å². The normalized spacial score (nSPS) is 19.3. The van der Waals surface area contributed by atoms with E-state index < -0.39 is 0 Å². The molecule has 18 heavy (non-hydrogen) atoms. The Morgan fingerprint density at radius 1 is 1.44 bits per heavy atom. The topological polar surface area (TPSA) is 60.2 Å². The lowest BCUT2D eigenvalue weighted by atomic mass is 10.1. The van der Waals surface area contributed by atoms with Gasteiger partial charge in [0, 0.05) is 18.1 Å². The van der Waals surface area contributed by atoms with Gasteiger partial charge in [0.05, 0.1) is 0 Å². The molecule has 1 unspecified atom stereocenters. The Balaban J connectivity index is 1.99. The predicted molar refractivity (Wildman–Crippen MR) is 72.8 cm³/mol. The Morgan fingerprint density at radius 3 is 3.11 bits per heavy atom. The zero-order valence-corrected chi connectivity index (χ0v) is 10.4. The van der Waals surface area contributed by atoms with Gasteiger partial charge in [0.2, 0.25) is 0 Å². The molecule has 1 aromatic heterocycles. The Hall–Kier alpha value is -1.81. The van der Waals surface area contributed by atoms with Crippen molar-refractivity contribution < 1.29 is 4.74 Å². The van der Waals surface area contributed by atoms with Crippen LogP contribution in [0.1, 0.15) is 12.0 Å². The van der Waals surface area contributed by atoms with Crippen molar-refractivity contribution in [2.75, 3.05) is 18.8 Å². The van der Waals surface area contributed by atoms with Crippen molar-refractivity contribution in [3.05, 3.63) is 30.0 Å². The zero-order valence-electron chi connectivity index (χ0n) is 10.4. The minimum absolute atomic E-state index is 0.278. The first-order chi connectivity index (χ1) is 8.74. The number of benzene rings is 1. The molecule has 1 atom stereocenters. The molecular formula is C14H17N3O. The third-order valence-electron chi connectivity index (χ3n) is 3.40. The molecule has 0 spiro atoms. The second-order valence-electron chi connectivity index (χ2n) is 4.77. The third kappa shape index (κ3) is 1.99. The van der Waals surface area contributed by atoms with E-state index in [1.807, 2.05) is 13.0 Å². The number of nitrogens with two attached hydrogens (primary N) is 1. The van der Waals surface area contributed by atoms with Crippen LogP contribution in [0.2, 0.25) is 0 Å². The van der Waals surface area contributed by atoms with Crippen molar-refractivity contribution in [3.8, 4) is 5.75 Å². The summed E-state index contributed by atoms with van der Waals surface area (Å²) in [5.41, 5.74) is 6.98.